The first-order chi connectivity index (χ1) is 14.1. The molecule has 0 atom stereocenters. The van der Waals surface area contributed by atoms with Gasteiger partial charge in [-0.2, -0.15) is 0 Å². The van der Waals surface area contributed by atoms with Crippen LogP contribution in [0.15, 0.2) is 42.5 Å². The minimum absolute atomic E-state index is 0.0121. The van der Waals surface area contributed by atoms with Crippen LogP contribution >= 0.6 is 0 Å². The predicted molar refractivity (Wildman–Crippen MR) is 113 cm³/mol. The number of nitrogens with one attached hydrogen (secondary N) is 1. The zero-order valence-electron chi connectivity index (χ0n) is 17.1. The molecule has 1 N–H and O–H groups in total. The maximum absolute atomic E-state index is 12.7. The summed E-state index contributed by atoms with van der Waals surface area (Å²) in [7, 11) is 0. The van der Waals surface area contributed by atoms with Gasteiger partial charge in [0.05, 0.1) is 17.7 Å². The number of pyridine rings is 1. The number of hydrogen-bond acceptors (Lipinski definition) is 3. The van der Waals surface area contributed by atoms with Crippen molar-refractivity contribution in [3.8, 4) is 0 Å². The standard InChI is InChI=1S/C24H29N3O2/c1-17-7-10-21(24(29)25-16-19-8-9-19)23(26-17)20-11-13-27(14-12-20)22(28)15-18-5-3-2-4-6-18/h2-7,10,19-20H,8-9,11-16H2,1H3,(H,25,29). The minimum Gasteiger partial charge on any atom is -0.352 e. The summed E-state index contributed by atoms with van der Waals surface area (Å²) in [6.07, 6.45) is 4.58. The van der Waals surface area contributed by atoms with Crippen molar-refractivity contribution < 1.29 is 9.59 Å². The number of aromatic nitrogens is 1. The van der Waals surface area contributed by atoms with Gasteiger partial charge in [-0.3, -0.25) is 14.6 Å². The van der Waals surface area contributed by atoms with Gasteiger partial charge in [0, 0.05) is 31.2 Å². The molecular formula is C24H29N3O2. The Labute approximate surface area is 172 Å². The van der Waals surface area contributed by atoms with Crippen molar-refractivity contribution in [3.63, 3.8) is 0 Å². The summed E-state index contributed by atoms with van der Waals surface area (Å²) in [6.45, 7) is 4.16. The highest BCUT2D eigenvalue weighted by molar-refractivity contribution is 5.95. The maximum Gasteiger partial charge on any atom is 0.253 e. The molecule has 0 spiro atoms. The summed E-state index contributed by atoms with van der Waals surface area (Å²) in [6, 6.07) is 13.7. The number of piperidine rings is 1. The van der Waals surface area contributed by atoms with Gasteiger partial charge < -0.3 is 10.2 Å². The Morgan fingerprint density at radius 1 is 1.03 bits per heavy atom. The van der Waals surface area contributed by atoms with E-state index in [-0.39, 0.29) is 17.7 Å². The summed E-state index contributed by atoms with van der Waals surface area (Å²) in [5.74, 6) is 1.04. The van der Waals surface area contributed by atoms with E-state index in [4.69, 9.17) is 4.98 Å². The molecule has 1 aliphatic carbocycles. The Morgan fingerprint density at radius 2 is 1.76 bits per heavy atom. The Hall–Kier alpha value is -2.69. The third-order valence-electron chi connectivity index (χ3n) is 5.99. The lowest BCUT2D eigenvalue weighted by Crippen LogP contribution is -2.39. The molecule has 29 heavy (non-hydrogen) atoms. The summed E-state index contributed by atoms with van der Waals surface area (Å²) in [4.78, 5) is 32.0. The number of nitrogens with zero attached hydrogens (tertiary/aromatic N) is 2. The van der Waals surface area contributed by atoms with Gasteiger partial charge in [-0.25, -0.2) is 0 Å². The van der Waals surface area contributed by atoms with E-state index in [0.29, 0.717) is 17.9 Å². The SMILES string of the molecule is Cc1ccc(C(=O)NCC2CC2)c(C2CCN(C(=O)Cc3ccccc3)CC2)n1. The van der Waals surface area contributed by atoms with Crippen molar-refractivity contribution in [1.82, 2.24) is 15.2 Å². The second-order valence-corrected chi connectivity index (χ2v) is 8.36. The number of likely N-dealkylation sites (tertiary alicyclic amines) is 1. The van der Waals surface area contributed by atoms with Crippen LogP contribution in [0.4, 0.5) is 0 Å². The van der Waals surface area contributed by atoms with Crippen LogP contribution in [0.3, 0.4) is 0 Å². The Balaban J connectivity index is 1.39. The first-order valence-corrected chi connectivity index (χ1v) is 10.7. The molecular weight excluding hydrogens is 362 g/mol. The molecule has 2 aromatic rings. The largest absolute Gasteiger partial charge is 0.352 e. The van der Waals surface area contributed by atoms with Gasteiger partial charge in [-0.15, -0.1) is 0 Å². The smallest absolute Gasteiger partial charge is 0.253 e. The third-order valence-corrected chi connectivity index (χ3v) is 5.99. The second kappa shape index (κ2) is 8.76. The quantitative estimate of drug-likeness (QED) is 0.820. The molecule has 1 aliphatic heterocycles. The highest BCUT2D eigenvalue weighted by atomic mass is 16.2. The molecule has 2 amide bonds. The van der Waals surface area contributed by atoms with Crippen molar-refractivity contribution in [1.29, 1.82) is 0 Å². The molecule has 5 heteroatoms. The van der Waals surface area contributed by atoms with Gasteiger partial charge in [-0.05, 0) is 56.2 Å². The molecule has 1 aromatic carbocycles. The van der Waals surface area contributed by atoms with Gasteiger partial charge >= 0.3 is 0 Å². The summed E-state index contributed by atoms with van der Waals surface area (Å²) >= 11 is 0. The number of aryl methyl sites for hydroxylation is 1. The van der Waals surface area contributed by atoms with Crippen LogP contribution < -0.4 is 5.32 Å². The Bertz CT molecular complexity index is 869. The van der Waals surface area contributed by atoms with Crippen molar-refractivity contribution in [3.05, 3.63) is 65.0 Å². The lowest BCUT2D eigenvalue weighted by molar-refractivity contribution is -0.131. The number of rotatable bonds is 6. The number of hydrogen-bond donors (Lipinski definition) is 1. The highest BCUT2D eigenvalue weighted by Crippen LogP contribution is 2.31. The molecule has 2 heterocycles. The molecule has 2 aliphatic rings. The fourth-order valence-electron chi connectivity index (χ4n) is 4.02. The third kappa shape index (κ3) is 5.03. The van der Waals surface area contributed by atoms with Gasteiger partial charge in [0.2, 0.25) is 5.91 Å². The number of carbonyl (C=O) groups is 2. The van der Waals surface area contributed by atoms with Crippen molar-refractivity contribution in [2.24, 2.45) is 5.92 Å². The fraction of sp³-hybridized carbons (Fsp3) is 0.458. The van der Waals surface area contributed by atoms with E-state index in [1.165, 1.54) is 12.8 Å². The normalized spacial score (nSPS) is 17.2. The Morgan fingerprint density at radius 3 is 2.45 bits per heavy atom. The van der Waals surface area contributed by atoms with Gasteiger partial charge in [-0.1, -0.05) is 30.3 Å². The van der Waals surface area contributed by atoms with Gasteiger partial charge in [0.1, 0.15) is 0 Å². The lowest BCUT2D eigenvalue weighted by Gasteiger charge is -2.32. The summed E-state index contributed by atoms with van der Waals surface area (Å²) in [5, 5.41) is 3.07. The maximum atomic E-state index is 12.7. The average molecular weight is 392 g/mol. The average Bonchev–Trinajstić information content (AvgIpc) is 3.57. The van der Waals surface area contributed by atoms with E-state index < -0.39 is 0 Å². The van der Waals surface area contributed by atoms with Crippen molar-refractivity contribution in [2.45, 2.75) is 44.9 Å². The topological polar surface area (TPSA) is 62.3 Å². The van der Waals surface area contributed by atoms with Crippen LogP contribution in [0.2, 0.25) is 0 Å². The summed E-state index contributed by atoms with van der Waals surface area (Å²) in [5.41, 5.74) is 3.58. The molecule has 1 saturated heterocycles. The van der Waals surface area contributed by atoms with Crippen LogP contribution in [0.1, 0.15) is 58.9 Å². The molecule has 152 valence electrons. The van der Waals surface area contributed by atoms with Crippen LogP contribution in [-0.2, 0) is 11.2 Å². The molecule has 0 unspecified atom stereocenters. The monoisotopic (exact) mass is 391 g/mol. The van der Waals surface area contributed by atoms with E-state index in [9.17, 15) is 9.59 Å². The Kier molecular flexibility index (Phi) is 5.93. The van der Waals surface area contributed by atoms with Crippen molar-refractivity contribution in [2.75, 3.05) is 19.6 Å². The van der Waals surface area contributed by atoms with Crippen molar-refractivity contribution >= 4 is 11.8 Å². The van der Waals surface area contributed by atoms with Crippen LogP contribution in [0.25, 0.3) is 0 Å². The number of carbonyl (C=O) groups excluding carboxylic acids is 2. The first-order valence-electron chi connectivity index (χ1n) is 10.7. The van der Waals surface area contributed by atoms with Crippen LogP contribution in [-0.4, -0.2) is 41.3 Å². The molecule has 2 fully saturated rings. The molecule has 1 saturated carbocycles. The number of amides is 2. The van der Waals surface area contributed by atoms with E-state index in [1.54, 1.807) is 0 Å². The predicted octanol–water partition coefficient (Wildman–Crippen LogP) is 3.48. The fourth-order valence-corrected chi connectivity index (χ4v) is 4.02. The first kappa shape index (κ1) is 19.6. The van der Waals surface area contributed by atoms with Gasteiger partial charge in [0.25, 0.3) is 5.91 Å². The van der Waals surface area contributed by atoms with E-state index in [2.05, 4.69) is 5.32 Å². The number of benzene rings is 1. The van der Waals surface area contributed by atoms with E-state index in [1.807, 2.05) is 54.3 Å². The summed E-state index contributed by atoms with van der Waals surface area (Å²) < 4.78 is 0. The molecule has 0 bridgehead atoms. The zero-order valence-corrected chi connectivity index (χ0v) is 17.1. The lowest BCUT2D eigenvalue weighted by atomic mass is 9.89. The molecule has 4 rings (SSSR count). The van der Waals surface area contributed by atoms with Gasteiger partial charge in [0.15, 0.2) is 0 Å². The zero-order chi connectivity index (χ0) is 20.2. The molecule has 5 nitrogen and oxygen atoms in total. The minimum atomic E-state index is -0.0121. The van der Waals surface area contributed by atoms with E-state index in [0.717, 1.165) is 49.4 Å². The molecule has 0 radical (unpaired) electrons. The van der Waals surface area contributed by atoms with Crippen LogP contribution in [0.5, 0.6) is 0 Å². The second-order valence-electron chi connectivity index (χ2n) is 8.36. The highest BCUT2D eigenvalue weighted by Gasteiger charge is 2.28. The van der Waals surface area contributed by atoms with Crippen LogP contribution in [0, 0.1) is 12.8 Å². The van der Waals surface area contributed by atoms with E-state index >= 15 is 0 Å². The molecule has 1 aromatic heterocycles.